The molecule has 0 aliphatic carbocycles. The maximum atomic E-state index is 13.2. The van der Waals surface area contributed by atoms with E-state index in [1.807, 2.05) is 0 Å². The minimum atomic E-state index is -0.353. The fraction of sp³-hybridized carbons (Fsp3) is 0.222. The lowest BCUT2D eigenvalue weighted by molar-refractivity contribution is 0.240. The molecule has 1 aromatic carbocycles. The van der Waals surface area contributed by atoms with Crippen molar-refractivity contribution in [2.24, 2.45) is 0 Å². The van der Waals surface area contributed by atoms with Crippen molar-refractivity contribution in [1.29, 1.82) is 0 Å². The van der Waals surface area contributed by atoms with Crippen LogP contribution in [-0.4, -0.2) is 21.4 Å². The summed E-state index contributed by atoms with van der Waals surface area (Å²) in [7, 11) is 0. The summed E-state index contributed by atoms with van der Waals surface area (Å²) in [6, 6.07) is 7.90. The van der Waals surface area contributed by atoms with Gasteiger partial charge in [-0.1, -0.05) is 17.7 Å². The average Bonchev–Trinajstić information content (AvgIpc) is 3.12. The van der Waals surface area contributed by atoms with E-state index in [2.05, 4.69) is 14.9 Å². The molecule has 0 atom stereocenters. The molecule has 1 aliphatic rings. The molecule has 3 heterocycles. The SMILES string of the molecule is O=c1[nH]c(-c2ccco2)nc2c1CCN(Cc1ccc(F)cc1Cl)C2. The second kappa shape index (κ2) is 6.46. The predicted octanol–water partition coefficient (Wildman–Crippen LogP) is 3.38. The number of halogens is 2. The van der Waals surface area contributed by atoms with E-state index in [0.29, 0.717) is 48.2 Å². The number of nitrogens with one attached hydrogen (secondary N) is 1. The maximum absolute atomic E-state index is 13.2. The maximum Gasteiger partial charge on any atom is 0.254 e. The number of aromatic amines is 1. The van der Waals surface area contributed by atoms with Crippen molar-refractivity contribution >= 4 is 11.6 Å². The first-order valence-electron chi connectivity index (χ1n) is 7.92. The zero-order chi connectivity index (χ0) is 17.4. The molecular weight excluding hydrogens is 345 g/mol. The lowest BCUT2D eigenvalue weighted by atomic mass is 10.1. The molecule has 7 heteroatoms. The van der Waals surface area contributed by atoms with Crippen LogP contribution in [0, 0.1) is 5.82 Å². The minimum absolute atomic E-state index is 0.129. The topological polar surface area (TPSA) is 62.1 Å². The van der Waals surface area contributed by atoms with Crippen LogP contribution in [0.2, 0.25) is 5.02 Å². The Kier molecular flexibility index (Phi) is 4.15. The Labute approximate surface area is 148 Å². The van der Waals surface area contributed by atoms with E-state index in [1.165, 1.54) is 18.4 Å². The Hall–Kier alpha value is -2.44. The predicted molar refractivity (Wildman–Crippen MR) is 91.8 cm³/mol. The van der Waals surface area contributed by atoms with Crippen LogP contribution >= 0.6 is 11.6 Å². The molecule has 0 amide bonds. The summed E-state index contributed by atoms with van der Waals surface area (Å²) in [4.78, 5) is 21.8. The van der Waals surface area contributed by atoms with Crippen molar-refractivity contribution in [2.75, 3.05) is 6.54 Å². The number of rotatable bonds is 3. The quantitative estimate of drug-likeness (QED) is 0.778. The monoisotopic (exact) mass is 359 g/mol. The van der Waals surface area contributed by atoms with Gasteiger partial charge in [0, 0.05) is 30.2 Å². The second-order valence-electron chi connectivity index (χ2n) is 6.01. The van der Waals surface area contributed by atoms with Crippen LogP contribution in [0.15, 0.2) is 45.8 Å². The highest BCUT2D eigenvalue weighted by Crippen LogP contribution is 2.23. The highest BCUT2D eigenvalue weighted by molar-refractivity contribution is 6.31. The van der Waals surface area contributed by atoms with Crippen molar-refractivity contribution in [3.8, 4) is 11.6 Å². The summed E-state index contributed by atoms with van der Waals surface area (Å²) in [6.45, 7) is 1.81. The van der Waals surface area contributed by atoms with Gasteiger partial charge < -0.3 is 9.40 Å². The Balaban J connectivity index is 1.61. The van der Waals surface area contributed by atoms with Crippen LogP contribution in [0.25, 0.3) is 11.6 Å². The normalized spacial score (nSPS) is 14.5. The first-order valence-corrected chi connectivity index (χ1v) is 8.30. The summed E-state index contributed by atoms with van der Waals surface area (Å²) >= 11 is 6.12. The van der Waals surface area contributed by atoms with Crippen LogP contribution in [0.5, 0.6) is 0 Å². The van der Waals surface area contributed by atoms with Crippen molar-refractivity contribution < 1.29 is 8.81 Å². The van der Waals surface area contributed by atoms with Gasteiger partial charge in [-0.3, -0.25) is 9.69 Å². The second-order valence-corrected chi connectivity index (χ2v) is 6.42. The molecule has 4 rings (SSSR count). The van der Waals surface area contributed by atoms with Crippen molar-refractivity contribution in [3.63, 3.8) is 0 Å². The number of hydrogen-bond acceptors (Lipinski definition) is 4. The summed E-state index contributed by atoms with van der Waals surface area (Å²) in [5, 5.41) is 0.404. The summed E-state index contributed by atoms with van der Waals surface area (Å²) < 4.78 is 18.5. The van der Waals surface area contributed by atoms with Crippen molar-refractivity contribution in [2.45, 2.75) is 19.5 Å². The lowest BCUT2D eigenvalue weighted by Crippen LogP contribution is -2.35. The zero-order valence-electron chi connectivity index (χ0n) is 13.3. The largest absolute Gasteiger partial charge is 0.461 e. The Morgan fingerprint density at radius 1 is 1.36 bits per heavy atom. The van der Waals surface area contributed by atoms with Gasteiger partial charge >= 0.3 is 0 Å². The molecular formula is C18H15ClFN3O2. The molecule has 0 unspecified atom stereocenters. The number of benzene rings is 1. The van der Waals surface area contributed by atoms with Crippen LogP contribution in [0.3, 0.4) is 0 Å². The summed E-state index contributed by atoms with van der Waals surface area (Å²) in [5.74, 6) is 0.600. The molecule has 0 radical (unpaired) electrons. The molecule has 2 aromatic heterocycles. The van der Waals surface area contributed by atoms with E-state index in [0.717, 1.165) is 11.3 Å². The number of hydrogen-bond donors (Lipinski definition) is 1. The number of nitrogens with zero attached hydrogens (tertiary/aromatic N) is 2. The zero-order valence-corrected chi connectivity index (χ0v) is 14.0. The number of H-pyrrole nitrogens is 1. The van der Waals surface area contributed by atoms with Gasteiger partial charge in [-0.2, -0.15) is 0 Å². The molecule has 0 saturated carbocycles. The standard InChI is InChI=1S/C18H15ClFN3O2/c19-14-8-12(20)4-3-11(14)9-23-6-5-13-15(10-23)21-17(22-18(13)24)16-2-1-7-25-16/h1-4,7-8H,5-6,9-10H2,(H,21,22,24). The van der Waals surface area contributed by atoms with Gasteiger partial charge in [0.15, 0.2) is 11.6 Å². The first kappa shape index (κ1) is 16.1. The smallest absolute Gasteiger partial charge is 0.254 e. The van der Waals surface area contributed by atoms with Crippen molar-refractivity contribution in [3.05, 3.63) is 74.6 Å². The van der Waals surface area contributed by atoms with E-state index in [9.17, 15) is 9.18 Å². The number of fused-ring (bicyclic) bond motifs is 1. The molecule has 128 valence electrons. The molecule has 3 aromatic rings. The summed E-state index contributed by atoms with van der Waals surface area (Å²) in [6.07, 6.45) is 2.15. The third kappa shape index (κ3) is 3.23. The molecule has 0 saturated heterocycles. The Morgan fingerprint density at radius 3 is 3.00 bits per heavy atom. The van der Waals surface area contributed by atoms with Gasteiger partial charge in [0.1, 0.15) is 5.82 Å². The third-order valence-corrected chi connectivity index (χ3v) is 4.67. The van der Waals surface area contributed by atoms with Crippen LogP contribution in [-0.2, 0) is 19.5 Å². The van der Waals surface area contributed by atoms with E-state index in [-0.39, 0.29) is 11.4 Å². The van der Waals surface area contributed by atoms with Gasteiger partial charge in [-0.15, -0.1) is 0 Å². The van der Waals surface area contributed by atoms with E-state index < -0.39 is 0 Å². The van der Waals surface area contributed by atoms with Crippen LogP contribution in [0.4, 0.5) is 4.39 Å². The fourth-order valence-electron chi connectivity index (χ4n) is 3.05. The van der Waals surface area contributed by atoms with Crippen LogP contribution in [0.1, 0.15) is 16.8 Å². The van der Waals surface area contributed by atoms with Crippen molar-refractivity contribution in [1.82, 2.24) is 14.9 Å². The van der Waals surface area contributed by atoms with Gasteiger partial charge in [0.2, 0.25) is 0 Å². The summed E-state index contributed by atoms with van der Waals surface area (Å²) in [5.41, 5.74) is 2.16. The number of aromatic nitrogens is 2. The van der Waals surface area contributed by atoms with Crippen LogP contribution < -0.4 is 5.56 Å². The fourth-order valence-corrected chi connectivity index (χ4v) is 3.28. The van der Waals surface area contributed by atoms with E-state index >= 15 is 0 Å². The van der Waals surface area contributed by atoms with Gasteiger partial charge in [-0.25, -0.2) is 9.37 Å². The van der Waals surface area contributed by atoms with Gasteiger partial charge in [0.05, 0.1) is 12.0 Å². The highest BCUT2D eigenvalue weighted by Gasteiger charge is 2.22. The third-order valence-electron chi connectivity index (χ3n) is 4.32. The molecule has 1 N–H and O–H groups in total. The van der Waals surface area contributed by atoms with E-state index in [1.54, 1.807) is 18.2 Å². The Bertz CT molecular complexity index is 969. The van der Waals surface area contributed by atoms with Gasteiger partial charge in [-0.05, 0) is 36.2 Å². The highest BCUT2D eigenvalue weighted by atomic mass is 35.5. The Morgan fingerprint density at radius 2 is 2.24 bits per heavy atom. The molecule has 0 bridgehead atoms. The molecule has 1 aliphatic heterocycles. The number of furan rings is 1. The molecule has 25 heavy (non-hydrogen) atoms. The first-order chi connectivity index (χ1) is 12.1. The van der Waals surface area contributed by atoms with E-state index in [4.69, 9.17) is 16.0 Å². The molecule has 0 fully saturated rings. The molecule has 5 nitrogen and oxygen atoms in total. The average molecular weight is 360 g/mol. The molecule has 0 spiro atoms. The minimum Gasteiger partial charge on any atom is -0.461 e. The van der Waals surface area contributed by atoms with Gasteiger partial charge in [0.25, 0.3) is 5.56 Å². The lowest BCUT2D eigenvalue weighted by Gasteiger charge is -2.27.